The third-order valence-electron chi connectivity index (χ3n) is 5.44. The van der Waals surface area contributed by atoms with Gasteiger partial charge < -0.3 is 29.2 Å². The third kappa shape index (κ3) is 5.69. The van der Waals surface area contributed by atoms with Gasteiger partial charge in [-0.1, -0.05) is 12.1 Å². The number of methoxy groups -OCH3 is 1. The van der Waals surface area contributed by atoms with Crippen molar-refractivity contribution in [3.8, 4) is 17.2 Å². The standard InChI is InChI=1S/C25H32N2O6/c1-5-31-21-11-9-8-10-19(21)26-25(29)27-13-12-17-14-22(32-6-2)23(33-7-3)15-18(17)20(27)16-24(28)30-4/h8-11,14-15,20H,5-7,12-13,16H2,1-4H3,(H,26,29)/t20-/m0/s1. The smallest absolute Gasteiger partial charge is 0.322 e. The van der Waals surface area contributed by atoms with E-state index in [4.69, 9.17) is 18.9 Å². The maximum Gasteiger partial charge on any atom is 0.322 e. The molecule has 1 aliphatic rings. The first-order valence-electron chi connectivity index (χ1n) is 11.3. The first-order chi connectivity index (χ1) is 16.0. The molecule has 1 N–H and O–H groups in total. The molecule has 0 saturated heterocycles. The van der Waals surface area contributed by atoms with Crippen LogP contribution in [0.5, 0.6) is 17.2 Å². The maximum absolute atomic E-state index is 13.3. The van der Waals surface area contributed by atoms with E-state index in [2.05, 4.69) is 5.32 Å². The number of nitrogens with one attached hydrogen (secondary N) is 1. The van der Waals surface area contributed by atoms with Gasteiger partial charge >= 0.3 is 12.0 Å². The Morgan fingerprint density at radius 1 is 0.970 bits per heavy atom. The summed E-state index contributed by atoms with van der Waals surface area (Å²) in [5.74, 6) is 1.46. The summed E-state index contributed by atoms with van der Waals surface area (Å²) in [6.07, 6.45) is 0.656. The molecule has 0 spiro atoms. The Bertz CT molecular complexity index is 977. The molecule has 0 bridgehead atoms. The Hall–Kier alpha value is -3.42. The molecule has 1 aliphatic heterocycles. The molecule has 2 aromatic rings. The lowest BCUT2D eigenvalue weighted by atomic mass is 9.90. The van der Waals surface area contributed by atoms with Crippen LogP contribution in [-0.2, 0) is 16.0 Å². The average molecular weight is 457 g/mol. The van der Waals surface area contributed by atoms with Crippen LogP contribution in [0.3, 0.4) is 0 Å². The maximum atomic E-state index is 13.3. The molecular formula is C25H32N2O6. The molecule has 1 heterocycles. The topological polar surface area (TPSA) is 86.3 Å². The van der Waals surface area contributed by atoms with Gasteiger partial charge in [0.1, 0.15) is 5.75 Å². The van der Waals surface area contributed by atoms with Crippen LogP contribution in [0, 0.1) is 0 Å². The van der Waals surface area contributed by atoms with Crippen LogP contribution < -0.4 is 19.5 Å². The highest BCUT2D eigenvalue weighted by atomic mass is 16.5. The van der Waals surface area contributed by atoms with Crippen LogP contribution >= 0.6 is 0 Å². The lowest BCUT2D eigenvalue weighted by Crippen LogP contribution is -2.43. The van der Waals surface area contributed by atoms with Crippen LogP contribution in [0.4, 0.5) is 10.5 Å². The molecule has 0 unspecified atom stereocenters. The summed E-state index contributed by atoms with van der Waals surface area (Å²) >= 11 is 0. The van der Waals surface area contributed by atoms with Gasteiger partial charge in [0.15, 0.2) is 11.5 Å². The van der Waals surface area contributed by atoms with Gasteiger partial charge in [0.05, 0.1) is 45.1 Å². The Morgan fingerprint density at radius 2 is 1.61 bits per heavy atom. The van der Waals surface area contributed by atoms with Crippen molar-refractivity contribution >= 4 is 17.7 Å². The van der Waals surface area contributed by atoms with E-state index < -0.39 is 12.0 Å². The van der Waals surface area contributed by atoms with Crippen molar-refractivity contribution in [1.82, 2.24) is 4.90 Å². The summed E-state index contributed by atoms with van der Waals surface area (Å²) in [4.78, 5) is 27.3. The number of urea groups is 1. The van der Waals surface area contributed by atoms with Crippen molar-refractivity contribution in [2.45, 2.75) is 39.7 Å². The van der Waals surface area contributed by atoms with Crippen LogP contribution in [0.2, 0.25) is 0 Å². The minimum atomic E-state index is -0.504. The summed E-state index contributed by atoms with van der Waals surface area (Å²) in [7, 11) is 1.35. The van der Waals surface area contributed by atoms with Gasteiger partial charge in [-0.25, -0.2) is 4.79 Å². The van der Waals surface area contributed by atoms with Gasteiger partial charge in [0, 0.05) is 6.54 Å². The van der Waals surface area contributed by atoms with E-state index in [1.165, 1.54) is 7.11 Å². The number of ether oxygens (including phenoxy) is 4. The summed E-state index contributed by atoms with van der Waals surface area (Å²) < 4.78 is 22.1. The highest BCUT2D eigenvalue weighted by molar-refractivity contribution is 5.92. The molecule has 3 rings (SSSR count). The van der Waals surface area contributed by atoms with Crippen molar-refractivity contribution < 1.29 is 28.5 Å². The van der Waals surface area contributed by atoms with E-state index in [1.807, 2.05) is 45.0 Å². The SMILES string of the molecule is CCOc1ccccc1NC(=O)N1CCc2cc(OCC)c(OCC)cc2[C@@H]1CC(=O)OC. The number of nitrogens with zero attached hydrogens (tertiary/aromatic N) is 1. The number of rotatable bonds is 9. The molecule has 8 nitrogen and oxygen atoms in total. The Labute approximate surface area is 194 Å². The molecule has 1 atom stereocenters. The minimum Gasteiger partial charge on any atom is -0.492 e. The van der Waals surface area contributed by atoms with Crippen LogP contribution in [0.1, 0.15) is 44.4 Å². The molecular weight excluding hydrogens is 424 g/mol. The van der Waals surface area contributed by atoms with E-state index in [9.17, 15) is 9.59 Å². The fraction of sp³-hybridized carbons (Fsp3) is 0.440. The lowest BCUT2D eigenvalue weighted by Gasteiger charge is -2.37. The first kappa shape index (κ1) is 24.2. The van der Waals surface area contributed by atoms with Crippen molar-refractivity contribution in [2.75, 3.05) is 38.8 Å². The summed E-state index contributed by atoms with van der Waals surface area (Å²) in [6, 6.07) is 10.3. The Morgan fingerprint density at radius 3 is 2.27 bits per heavy atom. The highest BCUT2D eigenvalue weighted by Gasteiger charge is 2.34. The Kier molecular flexibility index (Phi) is 8.40. The fourth-order valence-electron chi connectivity index (χ4n) is 3.99. The van der Waals surface area contributed by atoms with Crippen molar-refractivity contribution in [3.05, 3.63) is 47.5 Å². The second-order valence-corrected chi connectivity index (χ2v) is 7.46. The number of fused-ring (bicyclic) bond motifs is 1. The lowest BCUT2D eigenvalue weighted by molar-refractivity contribution is -0.141. The van der Waals surface area contributed by atoms with Gasteiger partial charge in [0.2, 0.25) is 0 Å². The molecule has 8 heteroatoms. The van der Waals surface area contributed by atoms with Gasteiger partial charge in [-0.15, -0.1) is 0 Å². The molecule has 178 valence electrons. The zero-order chi connectivity index (χ0) is 23.8. The highest BCUT2D eigenvalue weighted by Crippen LogP contribution is 2.40. The number of anilines is 1. The van der Waals surface area contributed by atoms with Gasteiger partial charge in [-0.2, -0.15) is 0 Å². The molecule has 0 aromatic heterocycles. The number of esters is 1. The van der Waals surface area contributed by atoms with Gasteiger partial charge in [-0.3, -0.25) is 4.79 Å². The fourth-order valence-corrected chi connectivity index (χ4v) is 3.99. The molecule has 33 heavy (non-hydrogen) atoms. The van der Waals surface area contributed by atoms with Crippen molar-refractivity contribution in [1.29, 1.82) is 0 Å². The molecule has 0 radical (unpaired) electrons. The second kappa shape index (κ2) is 11.4. The molecule has 2 aromatic carbocycles. The number of carbonyl (C=O) groups excluding carboxylic acids is 2. The number of para-hydroxylation sites is 2. The average Bonchev–Trinajstić information content (AvgIpc) is 2.81. The number of amides is 2. The monoisotopic (exact) mass is 456 g/mol. The number of hydrogen-bond acceptors (Lipinski definition) is 6. The second-order valence-electron chi connectivity index (χ2n) is 7.46. The number of benzene rings is 2. The van der Waals surface area contributed by atoms with Crippen LogP contribution in [0.15, 0.2) is 36.4 Å². The van der Waals surface area contributed by atoms with Crippen molar-refractivity contribution in [2.24, 2.45) is 0 Å². The van der Waals surface area contributed by atoms with E-state index in [-0.39, 0.29) is 12.5 Å². The predicted octanol–water partition coefficient (Wildman–Crippen LogP) is 4.58. The molecule has 0 fully saturated rings. The third-order valence-corrected chi connectivity index (χ3v) is 5.44. The summed E-state index contributed by atoms with van der Waals surface area (Å²) in [6.45, 7) is 7.61. The number of carbonyl (C=O) groups is 2. The van der Waals surface area contributed by atoms with Gasteiger partial charge in [-0.05, 0) is 62.6 Å². The van der Waals surface area contributed by atoms with Crippen molar-refractivity contribution in [3.63, 3.8) is 0 Å². The van der Waals surface area contributed by atoms with Gasteiger partial charge in [0.25, 0.3) is 0 Å². The molecule has 0 saturated carbocycles. The van der Waals surface area contributed by atoms with E-state index in [0.717, 1.165) is 11.1 Å². The summed E-state index contributed by atoms with van der Waals surface area (Å²) in [5, 5.41) is 2.94. The van der Waals surface area contributed by atoms with E-state index in [1.54, 1.807) is 17.0 Å². The quantitative estimate of drug-likeness (QED) is 0.556. The molecule has 0 aliphatic carbocycles. The van der Waals surface area contributed by atoms with E-state index >= 15 is 0 Å². The zero-order valence-electron chi connectivity index (χ0n) is 19.7. The van der Waals surface area contributed by atoms with Crippen LogP contribution in [0.25, 0.3) is 0 Å². The molecule has 2 amide bonds. The number of hydrogen-bond donors (Lipinski definition) is 1. The van der Waals surface area contributed by atoms with Crippen LogP contribution in [-0.4, -0.2) is 50.4 Å². The Balaban J connectivity index is 1.95. The normalized spacial score (nSPS) is 14.8. The zero-order valence-corrected chi connectivity index (χ0v) is 19.7. The first-order valence-corrected chi connectivity index (χ1v) is 11.3. The predicted molar refractivity (Wildman–Crippen MR) is 125 cm³/mol. The minimum absolute atomic E-state index is 0.0313. The largest absolute Gasteiger partial charge is 0.492 e. The summed E-state index contributed by atoms with van der Waals surface area (Å²) in [5.41, 5.74) is 2.45. The van der Waals surface area contributed by atoms with E-state index in [0.29, 0.717) is 55.7 Å².